The van der Waals surface area contributed by atoms with Crippen LogP contribution in [0.3, 0.4) is 0 Å². The summed E-state index contributed by atoms with van der Waals surface area (Å²) in [5.74, 6) is 0. The Morgan fingerprint density at radius 3 is 2.85 bits per heavy atom. The Kier molecular flexibility index (Phi) is 3.60. The Morgan fingerprint density at radius 2 is 2.23 bits per heavy atom. The molecule has 0 saturated heterocycles. The zero-order chi connectivity index (χ0) is 9.68. The average Bonchev–Trinajstić information content (AvgIpc) is 2.15. The van der Waals surface area contributed by atoms with Gasteiger partial charge in [0.15, 0.2) is 0 Å². The van der Waals surface area contributed by atoms with E-state index >= 15 is 0 Å². The van der Waals surface area contributed by atoms with Crippen molar-refractivity contribution in [3.8, 4) is 0 Å². The molecular weight excluding hydrogens is 188 g/mol. The third kappa shape index (κ3) is 2.96. The van der Waals surface area contributed by atoms with Crippen molar-refractivity contribution in [3.05, 3.63) is 29.8 Å². The molecule has 2 amide bonds. The van der Waals surface area contributed by atoms with Crippen LogP contribution < -0.4 is 10.5 Å². The number of rotatable bonds is 3. The molecule has 0 aliphatic rings. The predicted molar refractivity (Wildman–Crippen MR) is 50.9 cm³/mol. The molecule has 1 rings (SSSR count). The minimum atomic E-state index is -0.599. The van der Waals surface area contributed by atoms with Gasteiger partial charge in [0.25, 0.3) is 0 Å². The van der Waals surface area contributed by atoms with Gasteiger partial charge in [-0.1, -0.05) is 18.2 Å². The fourth-order valence-corrected chi connectivity index (χ4v) is 1.46. The molecule has 0 spiro atoms. The number of aliphatic hydroxyl groups is 1. The molecule has 0 fully saturated rings. The van der Waals surface area contributed by atoms with Gasteiger partial charge in [0.1, 0.15) is 0 Å². The van der Waals surface area contributed by atoms with E-state index in [2.05, 4.69) is 4.72 Å². The maximum atomic E-state index is 10.4. The lowest BCUT2D eigenvalue weighted by Crippen LogP contribution is -2.22. The van der Waals surface area contributed by atoms with Crippen LogP contribution in [-0.4, -0.2) is 11.1 Å². The Balaban J connectivity index is 2.69. The number of nitrogens with two attached hydrogens (primary N) is 1. The van der Waals surface area contributed by atoms with Crippen LogP contribution in [0.4, 0.5) is 4.79 Å². The minimum absolute atomic E-state index is 0.0520. The number of nitrogens with one attached hydrogen (secondary N) is 1. The second kappa shape index (κ2) is 4.74. The summed E-state index contributed by atoms with van der Waals surface area (Å²) in [6.07, 6.45) is 0. The number of urea groups is 1. The standard InChI is InChI=1S/C8H10N2O2S/c9-8(12)10-13-7-4-2-1-3-6(7)5-11/h1-4,11H,5H2,(H3,9,10,12). The van der Waals surface area contributed by atoms with Gasteiger partial charge in [-0.2, -0.15) is 0 Å². The van der Waals surface area contributed by atoms with Crippen molar-refractivity contribution >= 4 is 18.0 Å². The maximum Gasteiger partial charge on any atom is 0.322 e. The highest BCUT2D eigenvalue weighted by molar-refractivity contribution is 7.98. The summed E-state index contributed by atoms with van der Waals surface area (Å²) in [5.41, 5.74) is 5.66. The molecule has 0 saturated carbocycles. The predicted octanol–water partition coefficient (Wildman–Crippen LogP) is 0.854. The number of primary amides is 1. The number of amides is 2. The van der Waals surface area contributed by atoms with E-state index in [1.165, 1.54) is 0 Å². The van der Waals surface area contributed by atoms with E-state index in [1.54, 1.807) is 12.1 Å². The van der Waals surface area contributed by atoms with Gasteiger partial charge >= 0.3 is 6.03 Å². The van der Waals surface area contributed by atoms with Gasteiger partial charge in [-0.15, -0.1) is 0 Å². The Morgan fingerprint density at radius 1 is 1.54 bits per heavy atom. The molecule has 0 aliphatic heterocycles. The number of hydrogen-bond acceptors (Lipinski definition) is 3. The van der Waals surface area contributed by atoms with Crippen LogP contribution in [-0.2, 0) is 6.61 Å². The Bertz CT molecular complexity index is 304. The van der Waals surface area contributed by atoms with Gasteiger partial charge < -0.3 is 10.8 Å². The number of aliphatic hydroxyl groups excluding tert-OH is 1. The summed E-state index contributed by atoms with van der Waals surface area (Å²) in [6, 6.07) is 6.62. The van der Waals surface area contributed by atoms with Crippen molar-refractivity contribution in [2.24, 2.45) is 5.73 Å². The molecule has 4 N–H and O–H groups in total. The molecule has 0 bridgehead atoms. The molecule has 0 radical (unpaired) electrons. The van der Waals surface area contributed by atoms with E-state index in [-0.39, 0.29) is 6.61 Å². The molecular formula is C8H10N2O2S. The molecule has 1 aromatic carbocycles. The lowest BCUT2D eigenvalue weighted by atomic mass is 10.2. The van der Waals surface area contributed by atoms with Crippen LogP contribution in [0, 0.1) is 0 Å². The van der Waals surface area contributed by atoms with Crippen LogP contribution in [0.5, 0.6) is 0 Å². The van der Waals surface area contributed by atoms with E-state index in [4.69, 9.17) is 10.8 Å². The Hall–Kier alpha value is -1.20. The fraction of sp³-hybridized carbons (Fsp3) is 0.125. The van der Waals surface area contributed by atoms with Gasteiger partial charge in [-0.25, -0.2) is 4.79 Å². The highest BCUT2D eigenvalue weighted by atomic mass is 32.2. The SMILES string of the molecule is NC(=O)NSc1ccccc1CO. The van der Waals surface area contributed by atoms with E-state index in [0.717, 1.165) is 22.4 Å². The number of benzene rings is 1. The van der Waals surface area contributed by atoms with Crippen molar-refractivity contribution in [3.63, 3.8) is 0 Å². The molecule has 0 aromatic heterocycles. The quantitative estimate of drug-likeness (QED) is 0.630. The van der Waals surface area contributed by atoms with Crippen LogP contribution in [0.15, 0.2) is 29.2 Å². The van der Waals surface area contributed by atoms with Gasteiger partial charge in [0.2, 0.25) is 0 Å². The molecule has 4 nitrogen and oxygen atoms in total. The summed E-state index contributed by atoms with van der Waals surface area (Å²) in [4.78, 5) is 11.2. The second-order valence-electron chi connectivity index (χ2n) is 2.33. The first-order valence-corrected chi connectivity index (χ1v) is 4.46. The van der Waals surface area contributed by atoms with Crippen LogP contribution in [0.2, 0.25) is 0 Å². The molecule has 5 heteroatoms. The molecule has 0 aliphatic carbocycles. The second-order valence-corrected chi connectivity index (χ2v) is 3.18. The summed E-state index contributed by atoms with van der Waals surface area (Å²) >= 11 is 1.10. The topological polar surface area (TPSA) is 75.4 Å². The molecule has 0 unspecified atom stereocenters. The summed E-state index contributed by atoms with van der Waals surface area (Å²) in [6.45, 7) is -0.0520. The van der Waals surface area contributed by atoms with Crippen LogP contribution in [0.1, 0.15) is 5.56 Å². The average molecular weight is 198 g/mol. The van der Waals surface area contributed by atoms with E-state index in [1.807, 2.05) is 12.1 Å². The van der Waals surface area contributed by atoms with Crippen molar-refractivity contribution in [2.75, 3.05) is 0 Å². The largest absolute Gasteiger partial charge is 0.392 e. The molecule has 70 valence electrons. The van der Waals surface area contributed by atoms with Crippen molar-refractivity contribution < 1.29 is 9.90 Å². The third-order valence-corrected chi connectivity index (χ3v) is 2.33. The van der Waals surface area contributed by atoms with E-state index in [9.17, 15) is 4.79 Å². The lowest BCUT2D eigenvalue weighted by Gasteiger charge is -2.05. The molecule has 1 aromatic rings. The first-order valence-electron chi connectivity index (χ1n) is 3.65. The lowest BCUT2D eigenvalue weighted by molar-refractivity contribution is 0.254. The van der Waals surface area contributed by atoms with Gasteiger partial charge in [0.05, 0.1) is 6.61 Å². The first-order chi connectivity index (χ1) is 6.24. The summed E-state index contributed by atoms with van der Waals surface area (Å²) in [7, 11) is 0. The third-order valence-electron chi connectivity index (χ3n) is 1.40. The maximum absolute atomic E-state index is 10.4. The van der Waals surface area contributed by atoms with Gasteiger partial charge in [0, 0.05) is 4.90 Å². The monoisotopic (exact) mass is 198 g/mol. The van der Waals surface area contributed by atoms with Crippen molar-refractivity contribution in [1.82, 2.24) is 4.72 Å². The van der Waals surface area contributed by atoms with Crippen LogP contribution in [0.25, 0.3) is 0 Å². The molecule has 13 heavy (non-hydrogen) atoms. The molecule has 0 heterocycles. The van der Waals surface area contributed by atoms with Crippen molar-refractivity contribution in [1.29, 1.82) is 0 Å². The van der Waals surface area contributed by atoms with E-state index in [0.29, 0.717) is 0 Å². The van der Waals surface area contributed by atoms with Gasteiger partial charge in [-0.3, -0.25) is 4.72 Å². The fourth-order valence-electron chi connectivity index (χ4n) is 0.839. The van der Waals surface area contributed by atoms with Gasteiger partial charge in [-0.05, 0) is 23.6 Å². The highest BCUT2D eigenvalue weighted by Gasteiger charge is 2.01. The minimum Gasteiger partial charge on any atom is -0.392 e. The highest BCUT2D eigenvalue weighted by Crippen LogP contribution is 2.19. The number of carbonyl (C=O) groups excluding carboxylic acids is 1. The smallest absolute Gasteiger partial charge is 0.322 e. The Labute approximate surface area is 80.3 Å². The molecule has 0 atom stereocenters. The van der Waals surface area contributed by atoms with E-state index < -0.39 is 6.03 Å². The first kappa shape index (κ1) is 9.88. The zero-order valence-electron chi connectivity index (χ0n) is 6.86. The zero-order valence-corrected chi connectivity index (χ0v) is 7.67. The normalized spacial score (nSPS) is 9.62. The van der Waals surface area contributed by atoms with Crippen molar-refractivity contribution in [2.45, 2.75) is 11.5 Å². The van der Waals surface area contributed by atoms with Crippen LogP contribution >= 0.6 is 11.9 Å². The number of carbonyl (C=O) groups is 1. The summed E-state index contributed by atoms with van der Waals surface area (Å²) in [5, 5.41) is 8.93. The number of hydrogen-bond donors (Lipinski definition) is 3. The summed E-state index contributed by atoms with van der Waals surface area (Å²) < 4.78 is 2.38.